The zero-order valence-electron chi connectivity index (χ0n) is 10.9. The van der Waals surface area contributed by atoms with E-state index in [1.165, 1.54) is 40.7 Å². The van der Waals surface area contributed by atoms with Crippen molar-refractivity contribution in [2.45, 2.75) is 39.8 Å². The highest BCUT2D eigenvalue weighted by atomic mass is 15.1. The van der Waals surface area contributed by atoms with Crippen LogP contribution in [0.2, 0.25) is 0 Å². The number of hydrogen-bond donors (Lipinski definition) is 1. The van der Waals surface area contributed by atoms with E-state index < -0.39 is 0 Å². The van der Waals surface area contributed by atoms with Gasteiger partial charge in [0.25, 0.3) is 0 Å². The highest BCUT2D eigenvalue weighted by Gasteiger charge is 2.18. The summed E-state index contributed by atoms with van der Waals surface area (Å²) in [5.74, 6) is 0. The van der Waals surface area contributed by atoms with Crippen LogP contribution >= 0.6 is 0 Å². The molecule has 0 aliphatic carbocycles. The van der Waals surface area contributed by atoms with Gasteiger partial charge in [-0.05, 0) is 61.9 Å². The minimum absolute atomic E-state index is 0.643. The summed E-state index contributed by atoms with van der Waals surface area (Å²) in [7, 11) is 0. The van der Waals surface area contributed by atoms with E-state index in [2.05, 4.69) is 48.9 Å². The fourth-order valence-corrected chi connectivity index (χ4v) is 2.80. The van der Waals surface area contributed by atoms with E-state index >= 15 is 0 Å². The first-order valence-corrected chi connectivity index (χ1v) is 6.48. The monoisotopic (exact) mass is 228 g/mol. The standard InChI is InChI=1S/C15H20N2/c1-10(2)17-5-4-12-7-13-6-11(3)16-15(13)8-14(12)9-17/h6-8,10,16H,4-5,9H2,1-3H3. The number of rotatable bonds is 1. The van der Waals surface area contributed by atoms with Gasteiger partial charge >= 0.3 is 0 Å². The van der Waals surface area contributed by atoms with E-state index in [1.54, 1.807) is 0 Å². The summed E-state index contributed by atoms with van der Waals surface area (Å²) < 4.78 is 0. The van der Waals surface area contributed by atoms with E-state index in [0.29, 0.717) is 6.04 Å². The Morgan fingerprint density at radius 2 is 2.00 bits per heavy atom. The van der Waals surface area contributed by atoms with Gasteiger partial charge in [0.05, 0.1) is 0 Å². The predicted molar refractivity (Wildman–Crippen MR) is 72.3 cm³/mol. The van der Waals surface area contributed by atoms with Crippen molar-refractivity contribution in [2.24, 2.45) is 0 Å². The molecule has 2 aromatic rings. The van der Waals surface area contributed by atoms with Crippen molar-refractivity contribution in [3.63, 3.8) is 0 Å². The molecule has 0 fully saturated rings. The van der Waals surface area contributed by atoms with Gasteiger partial charge in [-0.15, -0.1) is 0 Å². The lowest BCUT2D eigenvalue weighted by Gasteiger charge is -2.31. The van der Waals surface area contributed by atoms with Crippen LogP contribution in [0.4, 0.5) is 0 Å². The Morgan fingerprint density at radius 1 is 1.18 bits per heavy atom. The number of nitrogens with one attached hydrogen (secondary N) is 1. The molecular weight excluding hydrogens is 208 g/mol. The van der Waals surface area contributed by atoms with Crippen molar-refractivity contribution in [1.29, 1.82) is 0 Å². The minimum atomic E-state index is 0.643. The molecule has 0 atom stereocenters. The molecule has 1 N–H and O–H groups in total. The number of aryl methyl sites for hydroxylation is 1. The third-order valence-corrected chi connectivity index (χ3v) is 3.85. The van der Waals surface area contributed by atoms with Gasteiger partial charge in [-0.1, -0.05) is 0 Å². The maximum absolute atomic E-state index is 3.43. The lowest BCUT2D eigenvalue weighted by Crippen LogP contribution is -2.35. The quantitative estimate of drug-likeness (QED) is 0.794. The molecule has 0 unspecified atom stereocenters. The van der Waals surface area contributed by atoms with Crippen molar-refractivity contribution in [1.82, 2.24) is 9.88 Å². The maximum atomic E-state index is 3.43. The molecule has 90 valence electrons. The van der Waals surface area contributed by atoms with Crippen molar-refractivity contribution < 1.29 is 0 Å². The van der Waals surface area contributed by atoms with E-state index in [9.17, 15) is 0 Å². The van der Waals surface area contributed by atoms with Gasteiger partial charge in [-0.25, -0.2) is 0 Å². The highest BCUT2D eigenvalue weighted by molar-refractivity contribution is 5.82. The molecule has 0 spiro atoms. The first-order valence-electron chi connectivity index (χ1n) is 6.48. The van der Waals surface area contributed by atoms with Gasteiger partial charge in [-0.2, -0.15) is 0 Å². The topological polar surface area (TPSA) is 19.0 Å². The molecule has 0 saturated heterocycles. The number of hydrogen-bond acceptors (Lipinski definition) is 1. The highest BCUT2D eigenvalue weighted by Crippen LogP contribution is 2.26. The van der Waals surface area contributed by atoms with Crippen LogP contribution in [0, 0.1) is 6.92 Å². The Hall–Kier alpha value is -1.28. The van der Waals surface area contributed by atoms with Crippen LogP contribution in [0.25, 0.3) is 10.9 Å². The van der Waals surface area contributed by atoms with Gasteiger partial charge < -0.3 is 4.98 Å². The van der Waals surface area contributed by atoms with Crippen LogP contribution in [-0.4, -0.2) is 22.5 Å². The summed E-state index contributed by atoms with van der Waals surface area (Å²) in [5, 5.41) is 1.36. The number of aromatic nitrogens is 1. The molecule has 0 radical (unpaired) electrons. The Balaban J connectivity index is 2.04. The van der Waals surface area contributed by atoms with Crippen LogP contribution < -0.4 is 0 Å². The summed E-state index contributed by atoms with van der Waals surface area (Å²) in [6, 6.07) is 7.59. The second-order valence-electron chi connectivity index (χ2n) is 5.47. The molecule has 0 amide bonds. The third-order valence-electron chi connectivity index (χ3n) is 3.85. The van der Waals surface area contributed by atoms with Gasteiger partial charge in [0.1, 0.15) is 0 Å². The van der Waals surface area contributed by atoms with Gasteiger partial charge in [0.15, 0.2) is 0 Å². The second-order valence-corrected chi connectivity index (χ2v) is 5.47. The molecule has 2 nitrogen and oxygen atoms in total. The van der Waals surface area contributed by atoms with Crippen LogP contribution in [0.1, 0.15) is 30.7 Å². The number of benzene rings is 1. The Labute approximate surface area is 103 Å². The zero-order valence-corrected chi connectivity index (χ0v) is 10.9. The van der Waals surface area contributed by atoms with E-state index in [0.717, 1.165) is 6.54 Å². The van der Waals surface area contributed by atoms with Crippen molar-refractivity contribution in [3.8, 4) is 0 Å². The number of fused-ring (bicyclic) bond motifs is 2. The first kappa shape index (κ1) is 10.8. The summed E-state index contributed by atoms with van der Waals surface area (Å²) in [4.78, 5) is 5.98. The summed E-state index contributed by atoms with van der Waals surface area (Å²) in [5.41, 5.74) is 5.57. The van der Waals surface area contributed by atoms with Crippen LogP contribution in [0.3, 0.4) is 0 Å². The van der Waals surface area contributed by atoms with Crippen molar-refractivity contribution >= 4 is 10.9 Å². The lowest BCUT2D eigenvalue weighted by molar-refractivity contribution is 0.203. The van der Waals surface area contributed by atoms with Gasteiger partial charge in [-0.3, -0.25) is 4.90 Å². The van der Waals surface area contributed by atoms with Gasteiger partial charge in [0, 0.05) is 30.3 Å². The minimum Gasteiger partial charge on any atom is -0.359 e. The zero-order chi connectivity index (χ0) is 12.0. The predicted octanol–water partition coefficient (Wildman–Crippen LogP) is 3.24. The molecule has 0 bridgehead atoms. The molecule has 1 aliphatic rings. The van der Waals surface area contributed by atoms with Crippen LogP contribution in [0.5, 0.6) is 0 Å². The lowest BCUT2D eigenvalue weighted by atomic mass is 9.97. The smallest absolute Gasteiger partial charge is 0.0459 e. The van der Waals surface area contributed by atoms with Crippen molar-refractivity contribution in [3.05, 3.63) is 35.0 Å². The second kappa shape index (κ2) is 3.88. The molecule has 2 heteroatoms. The summed E-state index contributed by atoms with van der Waals surface area (Å²) >= 11 is 0. The largest absolute Gasteiger partial charge is 0.359 e. The molecule has 3 rings (SSSR count). The third kappa shape index (κ3) is 1.87. The fourth-order valence-electron chi connectivity index (χ4n) is 2.80. The van der Waals surface area contributed by atoms with Crippen LogP contribution in [0.15, 0.2) is 18.2 Å². The average Bonchev–Trinajstić information content (AvgIpc) is 2.63. The average molecular weight is 228 g/mol. The van der Waals surface area contributed by atoms with Crippen LogP contribution in [-0.2, 0) is 13.0 Å². The molecular formula is C15H20N2. The summed E-state index contributed by atoms with van der Waals surface area (Å²) in [6.07, 6.45) is 1.19. The SMILES string of the molecule is Cc1cc2cc3c(cc2[nH]1)CN(C(C)C)CC3. The molecule has 2 heterocycles. The Kier molecular flexibility index (Phi) is 2.48. The molecule has 1 aromatic carbocycles. The molecule has 17 heavy (non-hydrogen) atoms. The number of aromatic amines is 1. The van der Waals surface area contributed by atoms with E-state index in [1.807, 2.05) is 0 Å². The van der Waals surface area contributed by atoms with E-state index in [4.69, 9.17) is 0 Å². The normalized spacial score (nSPS) is 16.7. The molecule has 0 saturated carbocycles. The maximum Gasteiger partial charge on any atom is 0.0459 e. The van der Waals surface area contributed by atoms with Crippen molar-refractivity contribution in [2.75, 3.05) is 6.54 Å². The first-order chi connectivity index (χ1) is 8.13. The number of H-pyrrole nitrogens is 1. The van der Waals surface area contributed by atoms with Gasteiger partial charge in [0.2, 0.25) is 0 Å². The fraction of sp³-hybridized carbons (Fsp3) is 0.467. The summed E-state index contributed by atoms with van der Waals surface area (Å²) in [6.45, 7) is 8.98. The Bertz CT molecular complexity index is 551. The van der Waals surface area contributed by atoms with E-state index in [-0.39, 0.29) is 0 Å². The molecule has 1 aliphatic heterocycles. The Morgan fingerprint density at radius 3 is 2.76 bits per heavy atom. The number of nitrogens with zero attached hydrogens (tertiary/aromatic N) is 1. The molecule has 1 aromatic heterocycles.